The van der Waals surface area contributed by atoms with Crippen molar-refractivity contribution in [2.45, 2.75) is 6.92 Å². The highest BCUT2D eigenvalue weighted by atomic mass is 16.3. The lowest BCUT2D eigenvalue weighted by molar-refractivity contribution is -0.111. The predicted octanol–water partition coefficient (Wildman–Crippen LogP) is 3.98. The molecular weight excluding hydrogens is 276 g/mol. The van der Waals surface area contributed by atoms with Gasteiger partial charge in [0.25, 0.3) is 0 Å². The van der Waals surface area contributed by atoms with Crippen molar-refractivity contribution in [1.29, 1.82) is 0 Å². The summed E-state index contributed by atoms with van der Waals surface area (Å²) < 4.78 is 0. The Labute approximate surface area is 129 Å². The van der Waals surface area contributed by atoms with Crippen LogP contribution in [-0.2, 0) is 4.79 Å². The molecule has 0 amide bonds. The quantitative estimate of drug-likeness (QED) is 0.298. The van der Waals surface area contributed by atoms with E-state index in [1.807, 2.05) is 0 Å². The maximum atomic E-state index is 12.6. The van der Waals surface area contributed by atoms with Crippen molar-refractivity contribution in [1.82, 2.24) is 0 Å². The normalized spacial score (nSPS) is 11.5. The van der Waals surface area contributed by atoms with Gasteiger partial charge in [-0.25, -0.2) is 0 Å². The van der Waals surface area contributed by atoms with Crippen molar-refractivity contribution < 1.29 is 14.7 Å². The average Bonchev–Trinajstić information content (AvgIpc) is 2.56. The molecule has 0 bridgehead atoms. The van der Waals surface area contributed by atoms with Gasteiger partial charge in [0, 0.05) is 11.1 Å². The van der Waals surface area contributed by atoms with Crippen molar-refractivity contribution in [2.75, 3.05) is 0 Å². The van der Waals surface area contributed by atoms with Gasteiger partial charge in [-0.3, -0.25) is 9.59 Å². The molecule has 2 aromatic rings. The smallest absolute Gasteiger partial charge is 0.200 e. The van der Waals surface area contributed by atoms with Gasteiger partial charge < -0.3 is 5.11 Å². The van der Waals surface area contributed by atoms with Gasteiger partial charge in [0.1, 0.15) is 11.3 Å². The molecule has 0 unspecified atom stereocenters. The number of benzene rings is 2. The molecule has 0 aliphatic carbocycles. The van der Waals surface area contributed by atoms with E-state index in [1.165, 1.54) is 6.92 Å². The van der Waals surface area contributed by atoms with E-state index in [4.69, 9.17) is 0 Å². The predicted molar refractivity (Wildman–Crippen MR) is 86.6 cm³/mol. The largest absolute Gasteiger partial charge is 0.506 e. The van der Waals surface area contributed by atoms with E-state index in [2.05, 4.69) is 6.58 Å². The van der Waals surface area contributed by atoms with E-state index in [-0.39, 0.29) is 16.9 Å². The maximum absolute atomic E-state index is 12.6. The van der Waals surface area contributed by atoms with Gasteiger partial charge in [0.15, 0.2) is 5.78 Å². The molecule has 2 rings (SSSR count). The van der Waals surface area contributed by atoms with Gasteiger partial charge in [-0.2, -0.15) is 0 Å². The number of allylic oxidation sites excluding steroid dienone is 2. The van der Waals surface area contributed by atoms with E-state index in [0.717, 1.165) is 0 Å². The highest BCUT2D eigenvalue weighted by Crippen LogP contribution is 2.22. The standard InChI is InChI=1S/C19H16O3/c1-13(2)17(20)16(18(21)14-9-5-3-6-10-14)19(22)15-11-7-4-8-12-15/h3-12,21H,1H2,2H3. The Hall–Kier alpha value is -2.94. The Morgan fingerprint density at radius 1 is 0.864 bits per heavy atom. The third-order valence-electron chi connectivity index (χ3n) is 3.16. The molecule has 0 saturated heterocycles. The fourth-order valence-electron chi connectivity index (χ4n) is 2.01. The summed E-state index contributed by atoms with van der Waals surface area (Å²) in [5.74, 6) is -1.41. The first-order valence-corrected chi connectivity index (χ1v) is 6.81. The van der Waals surface area contributed by atoms with E-state index < -0.39 is 11.6 Å². The third kappa shape index (κ3) is 3.20. The van der Waals surface area contributed by atoms with Crippen LogP contribution in [0.25, 0.3) is 5.76 Å². The Bertz CT molecular complexity index is 741. The van der Waals surface area contributed by atoms with Gasteiger partial charge in [-0.1, -0.05) is 67.2 Å². The van der Waals surface area contributed by atoms with E-state index in [1.54, 1.807) is 60.7 Å². The van der Waals surface area contributed by atoms with Gasteiger partial charge in [-0.15, -0.1) is 0 Å². The minimum Gasteiger partial charge on any atom is -0.506 e. The molecule has 22 heavy (non-hydrogen) atoms. The zero-order valence-corrected chi connectivity index (χ0v) is 12.2. The summed E-state index contributed by atoms with van der Waals surface area (Å²) in [6.07, 6.45) is 0. The fraction of sp³-hybridized carbons (Fsp3) is 0.0526. The Morgan fingerprint density at radius 2 is 1.32 bits per heavy atom. The number of carbonyl (C=O) groups is 2. The van der Waals surface area contributed by atoms with Gasteiger partial charge in [0.2, 0.25) is 5.78 Å². The van der Waals surface area contributed by atoms with Crippen LogP contribution in [0.3, 0.4) is 0 Å². The second kappa shape index (κ2) is 6.68. The van der Waals surface area contributed by atoms with Crippen LogP contribution in [0.5, 0.6) is 0 Å². The molecule has 0 aliphatic heterocycles. The first-order chi connectivity index (χ1) is 10.5. The Kier molecular flexibility index (Phi) is 4.69. The SMILES string of the molecule is C=C(C)C(=O)C(C(=O)c1ccccc1)=C(O)c1ccccc1. The minimum absolute atomic E-state index is 0.196. The molecule has 2 aromatic carbocycles. The van der Waals surface area contributed by atoms with Gasteiger partial charge >= 0.3 is 0 Å². The molecule has 3 heteroatoms. The van der Waals surface area contributed by atoms with Crippen LogP contribution in [0.4, 0.5) is 0 Å². The number of aliphatic hydroxyl groups excluding tert-OH is 1. The Morgan fingerprint density at radius 3 is 1.77 bits per heavy atom. The van der Waals surface area contributed by atoms with Crippen LogP contribution in [0.15, 0.2) is 78.4 Å². The molecule has 3 nitrogen and oxygen atoms in total. The number of rotatable bonds is 5. The summed E-state index contributed by atoms with van der Waals surface area (Å²) in [7, 11) is 0. The van der Waals surface area contributed by atoms with Gasteiger partial charge in [0.05, 0.1) is 0 Å². The van der Waals surface area contributed by atoms with Crippen LogP contribution in [0.1, 0.15) is 22.8 Å². The molecule has 0 atom stereocenters. The lowest BCUT2D eigenvalue weighted by Gasteiger charge is -2.10. The Balaban J connectivity index is 2.60. The molecule has 0 saturated carbocycles. The summed E-state index contributed by atoms with van der Waals surface area (Å²) in [5, 5.41) is 10.4. The summed E-state index contributed by atoms with van der Waals surface area (Å²) in [5.41, 5.74) is 0.692. The molecule has 110 valence electrons. The van der Waals surface area contributed by atoms with Crippen LogP contribution >= 0.6 is 0 Å². The number of Topliss-reactive ketones (excluding diaryl/α,β-unsaturated/α-hetero) is 2. The third-order valence-corrected chi connectivity index (χ3v) is 3.16. The minimum atomic E-state index is -0.560. The molecule has 0 radical (unpaired) electrons. The van der Waals surface area contributed by atoms with Crippen LogP contribution in [0, 0.1) is 0 Å². The lowest BCUT2D eigenvalue weighted by atomic mass is 9.93. The molecule has 0 aromatic heterocycles. The summed E-state index contributed by atoms with van der Waals surface area (Å²) in [6.45, 7) is 5.09. The topological polar surface area (TPSA) is 54.4 Å². The number of hydrogen-bond donors (Lipinski definition) is 1. The number of carbonyl (C=O) groups excluding carboxylic acids is 2. The van der Waals surface area contributed by atoms with E-state index in [0.29, 0.717) is 11.1 Å². The van der Waals surface area contributed by atoms with Gasteiger partial charge in [-0.05, 0) is 12.5 Å². The second-order valence-electron chi connectivity index (χ2n) is 4.89. The van der Waals surface area contributed by atoms with Crippen LogP contribution < -0.4 is 0 Å². The van der Waals surface area contributed by atoms with Crippen molar-refractivity contribution in [3.05, 3.63) is 89.5 Å². The van der Waals surface area contributed by atoms with Crippen molar-refractivity contribution in [3.63, 3.8) is 0 Å². The van der Waals surface area contributed by atoms with Crippen LogP contribution in [-0.4, -0.2) is 16.7 Å². The molecule has 1 N–H and O–H groups in total. The molecule has 0 aliphatic rings. The number of hydrogen-bond acceptors (Lipinski definition) is 3. The lowest BCUT2D eigenvalue weighted by Crippen LogP contribution is -2.16. The second-order valence-corrected chi connectivity index (χ2v) is 4.89. The van der Waals surface area contributed by atoms with Crippen LogP contribution in [0.2, 0.25) is 0 Å². The number of ketones is 2. The fourth-order valence-corrected chi connectivity index (χ4v) is 2.01. The first-order valence-electron chi connectivity index (χ1n) is 6.81. The molecular formula is C19H16O3. The zero-order valence-electron chi connectivity index (χ0n) is 12.2. The van der Waals surface area contributed by atoms with Crippen molar-refractivity contribution >= 4 is 17.3 Å². The summed E-state index contributed by atoms with van der Waals surface area (Å²) in [6, 6.07) is 16.9. The molecule has 0 heterocycles. The summed E-state index contributed by atoms with van der Waals surface area (Å²) >= 11 is 0. The summed E-state index contributed by atoms with van der Waals surface area (Å²) in [4.78, 5) is 25.0. The number of aliphatic hydroxyl groups is 1. The molecule has 0 spiro atoms. The average molecular weight is 292 g/mol. The first kappa shape index (κ1) is 15.4. The highest BCUT2D eigenvalue weighted by Gasteiger charge is 2.25. The maximum Gasteiger partial charge on any atom is 0.200 e. The molecule has 0 fully saturated rings. The highest BCUT2D eigenvalue weighted by molar-refractivity contribution is 6.33. The van der Waals surface area contributed by atoms with Crippen molar-refractivity contribution in [3.8, 4) is 0 Å². The zero-order chi connectivity index (χ0) is 16.1. The van der Waals surface area contributed by atoms with Crippen molar-refractivity contribution in [2.24, 2.45) is 0 Å². The van der Waals surface area contributed by atoms with E-state index in [9.17, 15) is 14.7 Å². The monoisotopic (exact) mass is 292 g/mol. The van der Waals surface area contributed by atoms with E-state index >= 15 is 0 Å².